The van der Waals surface area contributed by atoms with Gasteiger partial charge in [0.05, 0.1) is 6.61 Å². The van der Waals surface area contributed by atoms with Gasteiger partial charge in [0, 0.05) is 17.8 Å². The second-order valence-corrected chi connectivity index (χ2v) is 4.34. The third-order valence-corrected chi connectivity index (χ3v) is 2.87. The maximum atomic E-state index is 9.46. The summed E-state index contributed by atoms with van der Waals surface area (Å²) in [5, 5.41) is 21.8. The van der Waals surface area contributed by atoms with Gasteiger partial charge in [-0.25, -0.2) is 0 Å². The van der Waals surface area contributed by atoms with Crippen molar-refractivity contribution >= 4 is 5.69 Å². The standard InChI is InChI=1S/C15H17NO2/c1-11-2-4-12(5-3-11)9-16-14-6-7-15(18)13(8-14)10-17/h2-8,16-18H,9-10H2,1H3. The minimum atomic E-state index is -0.161. The maximum absolute atomic E-state index is 9.46. The minimum Gasteiger partial charge on any atom is -0.508 e. The van der Waals surface area contributed by atoms with Crippen molar-refractivity contribution in [3.05, 3.63) is 59.2 Å². The summed E-state index contributed by atoms with van der Waals surface area (Å²) in [7, 11) is 0. The number of phenols is 1. The number of rotatable bonds is 4. The maximum Gasteiger partial charge on any atom is 0.121 e. The Morgan fingerprint density at radius 3 is 2.44 bits per heavy atom. The van der Waals surface area contributed by atoms with Gasteiger partial charge in [-0.15, -0.1) is 0 Å². The largest absolute Gasteiger partial charge is 0.508 e. The highest BCUT2D eigenvalue weighted by Gasteiger charge is 2.01. The van der Waals surface area contributed by atoms with E-state index in [1.54, 1.807) is 18.2 Å². The van der Waals surface area contributed by atoms with Gasteiger partial charge in [-0.1, -0.05) is 29.8 Å². The van der Waals surface area contributed by atoms with Crippen molar-refractivity contribution in [2.24, 2.45) is 0 Å². The van der Waals surface area contributed by atoms with Crippen molar-refractivity contribution in [1.82, 2.24) is 0 Å². The van der Waals surface area contributed by atoms with Gasteiger partial charge in [0.2, 0.25) is 0 Å². The van der Waals surface area contributed by atoms with E-state index in [9.17, 15) is 5.11 Å². The molecule has 0 aliphatic heterocycles. The van der Waals surface area contributed by atoms with E-state index in [-0.39, 0.29) is 12.4 Å². The van der Waals surface area contributed by atoms with E-state index in [0.29, 0.717) is 5.56 Å². The highest BCUT2D eigenvalue weighted by Crippen LogP contribution is 2.21. The monoisotopic (exact) mass is 243 g/mol. The van der Waals surface area contributed by atoms with Crippen LogP contribution in [0.25, 0.3) is 0 Å². The molecule has 3 nitrogen and oxygen atoms in total. The van der Waals surface area contributed by atoms with Crippen molar-refractivity contribution in [2.45, 2.75) is 20.1 Å². The van der Waals surface area contributed by atoms with Crippen LogP contribution in [0.15, 0.2) is 42.5 Å². The predicted molar refractivity (Wildman–Crippen MR) is 72.5 cm³/mol. The molecule has 0 amide bonds. The number of aromatic hydroxyl groups is 1. The fourth-order valence-electron chi connectivity index (χ4n) is 1.73. The first-order valence-electron chi connectivity index (χ1n) is 5.91. The molecule has 0 aliphatic carbocycles. The number of benzene rings is 2. The molecule has 0 unspecified atom stereocenters. The lowest BCUT2D eigenvalue weighted by Gasteiger charge is -2.09. The Morgan fingerprint density at radius 2 is 1.78 bits per heavy atom. The summed E-state index contributed by atoms with van der Waals surface area (Å²) in [6.45, 7) is 2.62. The van der Waals surface area contributed by atoms with E-state index in [1.807, 2.05) is 0 Å². The van der Waals surface area contributed by atoms with Crippen LogP contribution in [0.1, 0.15) is 16.7 Å². The summed E-state index contributed by atoms with van der Waals surface area (Å²) < 4.78 is 0. The summed E-state index contributed by atoms with van der Waals surface area (Å²) in [5.74, 6) is 0.124. The number of hydrogen-bond acceptors (Lipinski definition) is 3. The SMILES string of the molecule is Cc1ccc(CNc2ccc(O)c(CO)c2)cc1. The highest BCUT2D eigenvalue weighted by molar-refractivity contribution is 5.50. The van der Waals surface area contributed by atoms with Gasteiger partial charge < -0.3 is 15.5 Å². The molecule has 0 atom stereocenters. The molecule has 3 N–H and O–H groups in total. The van der Waals surface area contributed by atoms with Crippen molar-refractivity contribution in [2.75, 3.05) is 5.32 Å². The van der Waals surface area contributed by atoms with Crippen LogP contribution in [-0.4, -0.2) is 10.2 Å². The van der Waals surface area contributed by atoms with E-state index >= 15 is 0 Å². The lowest BCUT2D eigenvalue weighted by atomic mass is 10.1. The predicted octanol–water partition coefficient (Wildman–Crippen LogP) is 2.81. The van der Waals surface area contributed by atoms with Gasteiger partial charge in [0.1, 0.15) is 5.75 Å². The fourth-order valence-corrected chi connectivity index (χ4v) is 1.73. The molecule has 0 heterocycles. The van der Waals surface area contributed by atoms with Crippen LogP contribution < -0.4 is 5.32 Å². The Balaban J connectivity index is 2.04. The van der Waals surface area contributed by atoms with Crippen LogP contribution in [0.5, 0.6) is 5.75 Å². The zero-order valence-electron chi connectivity index (χ0n) is 10.4. The molecule has 0 saturated carbocycles. The number of aryl methyl sites for hydroxylation is 1. The molecule has 2 rings (SSSR count). The quantitative estimate of drug-likeness (QED) is 0.724. The van der Waals surface area contributed by atoms with Gasteiger partial charge >= 0.3 is 0 Å². The smallest absolute Gasteiger partial charge is 0.121 e. The molecular weight excluding hydrogens is 226 g/mol. The van der Waals surface area contributed by atoms with Crippen LogP contribution in [0.3, 0.4) is 0 Å². The van der Waals surface area contributed by atoms with Crippen LogP contribution in [-0.2, 0) is 13.2 Å². The van der Waals surface area contributed by atoms with Crippen molar-refractivity contribution < 1.29 is 10.2 Å². The topological polar surface area (TPSA) is 52.5 Å². The molecule has 0 bridgehead atoms. The van der Waals surface area contributed by atoms with Gasteiger partial charge in [-0.3, -0.25) is 0 Å². The molecule has 0 saturated heterocycles. The van der Waals surface area contributed by atoms with Gasteiger partial charge in [0.15, 0.2) is 0 Å². The molecular formula is C15H17NO2. The normalized spacial score (nSPS) is 10.3. The summed E-state index contributed by atoms with van der Waals surface area (Å²) in [6.07, 6.45) is 0. The van der Waals surface area contributed by atoms with Crippen molar-refractivity contribution in [3.63, 3.8) is 0 Å². The molecule has 0 spiro atoms. The van der Waals surface area contributed by atoms with E-state index in [4.69, 9.17) is 5.11 Å². The van der Waals surface area contributed by atoms with Crippen molar-refractivity contribution in [1.29, 1.82) is 0 Å². The summed E-state index contributed by atoms with van der Waals surface area (Å²) >= 11 is 0. The summed E-state index contributed by atoms with van der Waals surface area (Å²) in [6, 6.07) is 13.4. The Labute approximate surface area is 107 Å². The first-order chi connectivity index (χ1) is 8.69. The molecule has 0 aliphatic rings. The first-order valence-corrected chi connectivity index (χ1v) is 5.91. The molecule has 0 fully saturated rings. The van der Waals surface area contributed by atoms with E-state index in [0.717, 1.165) is 12.2 Å². The number of aliphatic hydroxyl groups excluding tert-OH is 1. The van der Waals surface area contributed by atoms with Gasteiger partial charge in [-0.05, 0) is 30.7 Å². The van der Waals surface area contributed by atoms with Gasteiger partial charge in [0.25, 0.3) is 0 Å². The number of aliphatic hydroxyl groups is 1. The highest BCUT2D eigenvalue weighted by atomic mass is 16.3. The van der Waals surface area contributed by atoms with E-state index in [1.165, 1.54) is 11.1 Å². The summed E-state index contributed by atoms with van der Waals surface area (Å²) in [4.78, 5) is 0. The molecule has 94 valence electrons. The van der Waals surface area contributed by atoms with Crippen LogP contribution >= 0.6 is 0 Å². The summed E-state index contributed by atoms with van der Waals surface area (Å²) in [5.41, 5.74) is 3.85. The molecule has 3 heteroatoms. The lowest BCUT2D eigenvalue weighted by molar-refractivity contribution is 0.275. The molecule has 0 aromatic heterocycles. The average Bonchev–Trinajstić information content (AvgIpc) is 2.39. The lowest BCUT2D eigenvalue weighted by Crippen LogP contribution is -2.00. The number of anilines is 1. The van der Waals surface area contributed by atoms with Crippen LogP contribution in [0.4, 0.5) is 5.69 Å². The number of hydrogen-bond donors (Lipinski definition) is 3. The molecule has 0 radical (unpaired) electrons. The number of nitrogens with one attached hydrogen (secondary N) is 1. The van der Waals surface area contributed by atoms with Crippen molar-refractivity contribution in [3.8, 4) is 5.75 Å². The molecule has 2 aromatic carbocycles. The average molecular weight is 243 g/mol. The Morgan fingerprint density at radius 1 is 1.06 bits per heavy atom. The second kappa shape index (κ2) is 5.56. The first kappa shape index (κ1) is 12.5. The zero-order chi connectivity index (χ0) is 13.0. The Kier molecular flexibility index (Phi) is 3.85. The van der Waals surface area contributed by atoms with E-state index in [2.05, 4.69) is 36.5 Å². The third-order valence-electron chi connectivity index (χ3n) is 2.87. The second-order valence-electron chi connectivity index (χ2n) is 4.34. The van der Waals surface area contributed by atoms with Crippen LogP contribution in [0, 0.1) is 6.92 Å². The van der Waals surface area contributed by atoms with E-state index < -0.39 is 0 Å². The third kappa shape index (κ3) is 3.02. The fraction of sp³-hybridized carbons (Fsp3) is 0.200. The van der Waals surface area contributed by atoms with Gasteiger partial charge in [-0.2, -0.15) is 0 Å². The Bertz CT molecular complexity index is 521. The Hall–Kier alpha value is -2.00. The minimum absolute atomic E-state index is 0.124. The molecule has 18 heavy (non-hydrogen) atoms. The van der Waals surface area contributed by atoms with Crippen LogP contribution in [0.2, 0.25) is 0 Å². The molecule has 2 aromatic rings. The zero-order valence-corrected chi connectivity index (χ0v) is 10.4.